The van der Waals surface area contributed by atoms with Gasteiger partial charge in [0.2, 0.25) is 0 Å². The number of nitrogens with zero attached hydrogens (tertiary/aromatic N) is 1. The number of pyridine rings is 1. The fourth-order valence-electron chi connectivity index (χ4n) is 2.50. The molecule has 0 saturated heterocycles. The third kappa shape index (κ3) is 1.92. The summed E-state index contributed by atoms with van der Waals surface area (Å²) in [5.41, 5.74) is 5.11. The Morgan fingerprint density at radius 3 is 2.79 bits per heavy atom. The van der Waals surface area contributed by atoms with E-state index in [0.717, 1.165) is 35.4 Å². The number of aryl methyl sites for hydroxylation is 2. The zero-order valence-corrected chi connectivity index (χ0v) is 11.3. The van der Waals surface area contributed by atoms with Gasteiger partial charge in [-0.2, -0.15) is 5.26 Å². The predicted octanol–water partition coefficient (Wildman–Crippen LogP) is 3.39. The molecule has 0 radical (unpaired) electrons. The molecule has 1 aliphatic carbocycles. The number of fused-ring (bicyclic) bond motifs is 3. The smallest absolute Gasteiger partial charge is 0.121 e. The van der Waals surface area contributed by atoms with E-state index in [0.29, 0.717) is 10.2 Å². The van der Waals surface area contributed by atoms with Crippen molar-refractivity contribution in [2.75, 3.05) is 7.11 Å². The lowest BCUT2D eigenvalue weighted by atomic mass is 9.88. The maximum atomic E-state index is 9.04. The summed E-state index contributed by atoms with van der Waals surface area (Å²) in [6.45, 7) is 0. The molecule has 3 rings (SSSR count). The molecular weight excluding hydrogens is 256 g/mol. The van der Waals surface area contributed by atoms with E-state index >= 15 is 0 Å². The molecular formula is C15H12N2OS. The van der Waals surface area contributed by atoms with Gasteiger partial charge in [0.1, 0.15) is 16.5 Å². The minimum atomic E-state index is 0.497. The van der Waals surface area contributed by atoms with Gasteiger partial charge in [0.15, 0.2) is 0 Å². The van der Waals surface area contributed by atoms with Crippen molar-refractivity contribution in [3.05, 3.63) is 45.6 Å². The molecule has 0 amide bonds. The van der Waals surface area contributed by atoms with E-state index in [9.17, 15) is 0 Å². The number of aromatic amines is 1. The van der Waals surface area contributed by atoms with Gasteiger partial charge in [0, 0.05) is 5.56 Å². The van der Waals surface area contributed by atoms with Gasteiger partial charge >= 0.3 is 0 Å². The Morgan fingerprint density at radius 2 is 2.05 bits per heavy atom. The van der Waals surface area contributed by atoms with Crippen molar-refractivity contribution < 1.29 is 4.74 Å². The molecule has 0 saturated carbocycles. The maximum absolute atomic E-state index is 9.04. The number of nitriles is 1. The molecule has 94 valence electrons. The van der Waals surface area contributed by atoms with Crippen LogP contribution in [0.4, 0.5) is 0 Å². The van der Waals surface area contributed by atoms with E-state index in [-0.39, 0.29) is 0 Å². The van der Waals surface area contributed by atoms with Crippen molar-refractivity contribution in [3.63, 3.8) is 0 Å². The lowest BCUT2D eigenvalue weighted by Crippen LogP contribution is -2.07. The Hall–Kier alpha value is -2.12. The first-order valence-corrected chi connectivity index (χ1v) is 6.47. The second-order valence-corrected chi connectivity index (χ2v) is 4.96. The summed E-state index contributed by atoms with van der Waals surface area (Å²) >= 11 is 5.22. The highest BCUT2D eigenvalue weighted by Crippen LogP contribution is 2.34. The van der Waals surface area contributed by atoms with Gasteiger partial charge < -0.3 is 9.72 Å². The minimum Gasteiger partial charge on any atom is -0.497 e. The van der Waals surface area contributed by atoms with E-state index in [1.54, 1.807) is 7.11 Å². The number of rotatable bonds is 1. The molecule has 4 heteroatoms. The van der Waals surface area contributed by atoms with Gasteiger partial charge in [-0.25, -0.2) is 0 Å². The van der Waals surface area contributed by atoms with Gasteiger partial charge in [0.25, 0.3) is 0 Å². The molecule has 1 N–H and O–H groups in total. The topological polar surface area (TPSA) is 48.8 Å². The third-order valence-electron chi connectivity index (χ3n) is 3.49. The summed E-state index contributed by atoms with van der Waals surface area (Å²) < 4.78 is 5.78. The van der Waals surface area contributed by atoms with E-state index < -0.39 is 0 Å². The van der Waals surface area contributed by atoms with Crippen molar-refractivity contribution in [1.82, 2.24) is 4.98 Å². The van der Waals surface area contributed by atoms with Gasteiger partial charge in [-0.1, -0.05) is 18.3 Å². The first-order valence-electron chi connectivity index (χ1n) is 6.06. The van der Waals surface area contributed by atoms with Gasteiger partial charge in [0.05, 0.1) is 18.4 Å². The minimum absolute atomic E-state index is 0.497. The molecule has 19 heavy (non-hydrogen) atoms. The summed E-state index contributed by atoms with van der Waals surface area (Å²) in [4.78, 5) is 3.19. The molecule has 2 aromatic rings. The highest BCUT2D eigenvalue weighted by molar-refractivity contribution is 7.71. The molecule has 3 nitrogen and oxygen atoms in total. The Morgan fingerprint density at radius 1 is 1.26 bits per heavy atom. The monoisotopic (exact) mass is 268 g/mol. The molecule has 1 heterocycles. The van der Waals surface area contributed by atoms with Crippen LogP contribution in [0.1, 0.15) is 16.7 Å². The van der Waals surface area contributed by atoms with E-state index in [4.69, 9.17) is 22.2 Å². The number of hydrogen-bond acceptors (Lipinski definition) is 3. The molecule has 0 atom stereocenters. The van der Waals surface area contributed by atoms with Crippen molar-refractivity contribution in [2.45, 2.75) is 12.8 Å². The number of methoxy groups -OCH3 is 1. The van der Waals surface area contributed by atoms with Gasteiger partial charge in [-0.15, -0.1) is 0 Å². The van der Waals surface area contributed by atoms with Gasteiger partial charge in [-0.05, 0) is 42.2 Å². The van der Waals surface area contributed by atoms with Crippen molar-refractivity contribution in [1.29, 1.82) is 5.26 Å². The van der Waals surface area contributed by atoms with Gasteiger partial charge in [-0.3, -0.25) is 0 Å². The summed E-state index contributed by atoms with van der Waals surface area (Å²) in [6, 6.07) is 10.1. The number of benzene rings is 1. The summed E-state index contributed by atoms with van der Waals surface area (Å²) in [5, 5.41) is 9.04. The van der Waals surface area contributed by atoms with Crippen LogP contribution in [0.15, 0.2) is 24.3 Å². The van der Waals surface area contributed by atoms with Crippen LogP contribution in [0.5, 0.6) is 5.75 Å². The van der Waals surface area contributed by atoms with Crippen LogP contribution < -0.4 is 4.74 Å². The average molecular weight is 268 g/mol. The Balaban J connectivity index is 2.26. The molecule has 0 fully saturated rings. The molecule has 0 spiro atoms. The normalized spacial score (nSPS) is 12.2. The second kappa shape index (κ2) is 4.52. The third-order valence-corrected chi connectivity index (χ3v) is 3.82. The van der Waals surface area contributed by atoms with E-state index in [1.165, 1.54) is 5.56 Å². The molecule has 1 aliphatic rings. The van der Waals surface area contributed by atoms with Crippen LogP contribution in [0.25, 0.3) is 11.3 Å². The van der Waals surface area contributed by atoms with Crippen molar-refractivity contribution in [2.24, 2.45) is 0 Å². The first-order chi connectivity index (χ1) is 9.22. The zero-order chi connectivity index (χ0) is 13.4. The summed E-state index contributed by atoms with van der Waals surface area (Å²) in [7, 11) is 1.66. The maximum Gasteiger partial charge on any atom is 0.121 e. The summed E-state index contributed by atoms with van der Waals surface area (Å²) in [5.74, 6) is 0.829. The summed E-state index contributed by atoms with van der Waals surface area (Å²) in [6.07, 6.45) is 1.90. The average Bonchev–Trinajstić information content (AvgIpc) is 2.46. The van der Waals surface area contributed by atoms with Crippen LogP contribution >= 0.6 is 12.2 Å². The van der Waals surface area contributed by atoms with Crippen LogP contribution in [0.3, 0.4) is 0 Å². The number of H-pyrrole nitrogens is 1. The van der Waals surface area contributed by atoms with Crippen LogP contribution in [0, 0.1) is 16.0 Å². The Kier molecular flexibility index (Phi) is 2.84. The predicted molar refractivity (Wildman–Crippen MR) is 75.7 cm³/mol. The first kappa shape index (κ1) is 11.9. The van der Waals surface area contributed by atoms with E-state index in [1.807, 2.05) is 18.2 Å². The molecule has 0 unspecified atom stereocenters. The number of hydrogen-bond donors (Lipinski definition) is 1. The lowest BCUT2D eigenvalue weighted by molar-refractivity contribution is 0.415. The quantitative estimate of drug-likeness (QED) is 0.806. The van der Waals surface area contributed by atoms with Crippen LogP contribution in [-0.4, -0.2) is 12.1 Å². The fourth-order valence-corrected chi connectivity index (χ4v) is 2.70. The largest absolute Gasteiger partial charge is 0.497 e. The number of ether oxygens (including phenoxy) is 1. The second-order valence-electron chi connectivity index (χ2n) is 4.55. The lowest BCUT2D eigenvalue weighted by Gasteiger charge is -2.20. The molecule has 1 aromatic heterocycles. The van der Waals surface area contributed by atoms with Crippen LogP contribution in [0.2, 0.25) is 0 Å². The Labute approximate surface area is 116 Å². The Bertz CT molecular complexity index is 756. The standard InChI is InChI=1S/C15H12N2OS/c1-18-12-5-4-9-2-3-10-6-11(8-16)15(19)17-14(10)13(9)7-12/h4-7H,2-3H2,1H3,(H,17,19). The molecule has 1 aromatic carbocycles. The number of nitrogens with one attached hydrogen (secondary N) is 1. The molecule has 0 bridgehead atoms. The zero-order valence-electron chi connectivity index (χ0n) is 10.5. The molecule has 0 aliphatic heterocycles. The van der Waals surface area contributed by atoms with Crippen molar-refractivity contribution in [3.8, 4) is 23.1 Å². The SMILES string of the molecule is COc1ccc2c(c1)-c1[nH]c(=S)c(C#N)cc1CC2. The highest BCUT2D eigenvalue weighted by atomic mass is 32.1. The van der Waals surface area contributed by atoms with Crippen molar-refractivity contribution >= 4 is 12.2 Å². The van der Waals surface area contributed by atoms with E-state index in [2.05, 4.69) is 17.1 Å². The fraction of sp³-hybridized carbons (Fsp3) is 0.200. The van der Waals surface area contributed by atoms with Crippen LogP contribution in [-0.2, 0) is 12.8 Å². The highest BCUT2D eigenvalue weighted by Gasteiger charge is 2.18. The number of aromatic nitrogens is 1.